The third-order valence-electron chi connectivity index (χ3n) is 5.67. The van der Waals surface area contributed by atoms with Gasteiger partial charge in [-0.25, -0.2) is 0 Å². The first-order valence-electron chi connectivity index (χ1n) is 12.0. The first kappa shape index (κ1) is 24.1. The summed E-state index contributed by atoms with van der Waals surface area (Å²) in [6.07, 6.45) is 8.34. The van der Waals surface area contributed by atoms with Gasteiger partial charge in [0, 0.05) is 0 Å². The van der Waals surface area contributed by atoms with Crippen LogP contribution in [0.15, 0.2) is 46.4 Å². The topological polar surface area (TPSA) is 24.7 Å². The highest BCUT2D eigenvalue weighted by Crippen LogP contribution is 2.23. The van der Waals surface area contributed by atoms with Crippen LogP contribution in [-0.4, -0.2) is 11.4 Å². The summed E-state index contributed by atoms with van der Waals surface area (Å²) in [4.78, 5) is 10.3. The average Bonchev–Trinajstić information content (AvgIpc) is 2.79. The van der Waals surface area contributed by atoms with Crippen molar-refractivity contribution in [1.29, 1.82) is 0 Å². The normalized spacial score (nSPS) is 12.5. The Morgan fingerprint density at radius 1 is 0.567 bits per heavy atom. The van der Waals surface area contributed by atoms with E-state index in [0.717, 1.165) is 74.2 Å². The first-order valence-corrected chi connectivity index (χ1v) is 12.0. The summed E-state index contributed by atoms with van der Waals surface area (Å²) < 4.78 is 0. The first-order chi connectivity index (χ1) is 14.6. The van der Waals surface area contributed by atoms with Crippen molar-refractivity contribution in [1.82, 2.24) is 0 Å². The molecule has 2 rings (SSSR count). The highest BCUT2D eigenvalue weighted by molar-refractivity contribution is 6.43. The molecular weight excluding hydrogens is 364 g/mol. The zero-order valence-corrected chi connectivity index (χ0v) is 20.0. The lowest BCUT2D eigenvalue weighted by Crippen LogP contribution is -2.13. The molecule has 0 radical (unpaired) electrons. The van der Waals surface area contributed by atoms with Crippen molar-refractivity contribution in [3.05, 3.63) is 58.7 Å². The highest BCUT2D eigenvalue weighted by Gasteiger charge is 2.10. The smallest absolute Gasteiger partial charge is 0.0639 e. The lowest BCUT2D eigenvalue weighted by atomic mass is 10.0. The molecule has 2 aromatic rings. The number of aliphatic imine (C=N–C) groups is 2. The maximum Gasteiger partial charge on any atom is 0.0639 e. The molecule has 0 aliphatic rings. The molecule has 0 bridgehead atoms. The van der Waals surface area contributed by atoms with Crippen molar-refractivity contribution >= 4 is 22.8 Å². The van der Waals surface area contributed by atoms with Crippen LogP contribution >= 0.6 is 0 Å². The molecule has 0 saturated heterocycles. The number of unbranched alkanes of at least 4 members (excludes halogenated alkanes) is 1. The molecule has 30 heavy (non-hydrogen) atoms. The van der Waals surface area contributed by atoms with E-state index in [2.05, 4.69) is 77.9 Å². The second-order valence-corrected chi connectivity index (χ2v) is 8.00. The molecule has 2 aromatic carbocycles. The van der Waals surface area contributed by atoms with Crippen LogP contribution in [0.5, 0.6) is 0 Å². The van der Waals surface area contributed by atoms with Crippen LogP contribution in [-0.2, 0) is 25.7 Å². The second-order valence-electron chi connectivity index (χ2n) is 8.00. The third-order valence-corrected chi connectivity index (χ3v) is 5.67. The van der Waals surface area contributed by atoms with Gasteiger partial charge in [-0.05, 0) is 91.5 Å². The molecule has 0 fully saturated rings. The fourth-order valence-electron chi connectivity index (χ4n) is 3.70. The van der Waals surface area contributed by atoms with E-state index in [1.54, 1.807) is 0 Å². The largest absolute Gasteiger partial charge is 0.252 e. The minimum atomic E-state index is 0.897. The molecule has 0 spiro atoms. The van der Waals surface area contributed by atoms with E-state index >= 15 is 0 Å². The van der Waals surface area contributed by atoms with E-state index in [4.69, 9.17) is 9.98 Å². The van der Waals surface area contributed by atoms with Gasteiger partial charge in [0.1, 0.15) is 0 Å². The van der Waals surface area contributed by atoms with Gasteiger partial charge in [-0.1, -0.05) is 60.1 Å². The summed E-state index contributed by atoms with van der Waals surface area (Å²) in [5.41, 5.74) is 9.87. The Labute approximate surface area is 184 Å². The van der Waals surface area contributed by atoms with Crippen LogP contribution in [0.1, 0.15) is 89.5 Å². The highest BCUT2D eigenvalue weighted by atomic mass is 14.8. The molecule has 0 heterocycles. The van der Waals surface area contributed by atoms with Gasteiger partial charge in [-0.3, -0.25) is 9.98 Å². The molecule has 0 aromatic heterocycles. The van der Waals surface area contributed by atoms with Crippen LogP contribution < -0.4 is 0 Å². The zero-order valence-electron chi connectivity index (χ0n) is 20.0. The van der Waals surface area contributed by atoms with Crippen LogP contribution in [0.2, 0.25) is 0 Å². The van der Waals surface area contributed by atoms with Gasteiger partial charge in [0.2, 0.25) is 0 Å². The minimum absolute atomic E-state index is 0.897. The molecular formula is C28H40N2. The monoisotopic (exact) mass is 404 g/mol. The van der Waals surface area contributed by atoms with E-state index < -0.39 is 0 Å². The van der Waals surface area contributed by atoms with Crippen molar-refractivity contribution in [2.45, 2.75) is 92.9 Å². The van der Waals surface area contributed by atoms with Gasteiger partial charge in [0.15, 0.2) is 0 Å². The Hall–Kier alpha value is -2.22. The maximum absolute atomic E-state index is 5.15. The Balaban J connectivity index is 2.53. The fraction of sp³-hybridized carbons (Fsp3) is 0.500. The predicted molar refractivity (Wildman–Crippen MR) is 134 cm³/mol. The van der Waals surface area contributed by atoms with Crippen LogP contribution in [0.25, 0.3) is 0 Å². The van der Waals surface area contributed by atoms with Crippen LogP contribution in [0, 0.1) is 0 Å². The number of hydrogen-bond donors (Lipinski definition) is 0. The number of benzene rings is 2. The Morgan fingerprint density at radius 2 is 0.967 bits per heavy atom. The third kappa shape index (κ3) is 6.93. The predicted octanol–water partition coefficient (Wildman–Crippen LogP) is 8.38. The van der Waals surface area contributed by atoms with E-state index in [-0.39, 0.29) is 0 Å². The lowest BCUT2D eigenvalue weighted by molar-refractivity contribution is 0.837. The van der Waals surface area contributed by atoms with E-state index in [0.29, 0.717) is 0 Å². The number of nitrogens with zero attached hydrogens (tertiary/aromatic N) is 2. The van der Waals surface area contributed by atoms with Crippen molar-refractivity contribution in [3.8, 4) is 0 Å². The molecule has 2 nitrogen and oxygen atoms in total. The summed E-state index contributed by atoms with van der Waals surface area (Å²) in [6.45, 7) is 13.3. The van der Waals surface area contributed by atoms with Crippen LogP contribution in [0.3, 0.4) is 0 Å². The summed E-state index contributed by atoms with van der Waals surface area (Å²) >= 11 is 0. The molecule has 0 aliphatic heterocycles. The summed E-state index contributed by atoms with van der Waals surface area (Å²) in [7, 11) is 0. The Morgan fingerprint density at radius 3 is 1.30 bits per heavy atom. The Kier molecular flexibility index (Phi) is 10.00. The molecule has 0 N–H and O–H groups in total. The quantitative estimate of drug-likeness (QED) is 0.336. The van der Waals surface area contributed by atoms with E-state index in [1.807, 2.05) is 0 Å². The van der Waals surface area contributed by atoms with Gasteiger partial charge in [0.05, 0.1) is 22.8 Å². The average molecular weight is 405 g/mol. The molecule has 0 amide bonds. The van der Waals surface area contributed by atoms with Crippen molar-refractivity contribution in [2.75, 3.05) is 0 Å². The molecule has 162 valence electrons. The standard InChI is InChI=1S/C28H40N2/c1-7-13-14-28(30-26-19-23(10-4)16-24(11-5)20-26)27(12-6)29-25-17-21(8-2)15-22(9-3)18-25/h15-20H,7-14H2,1-6H3. The van der Waals surface area contributed by atoms with Crippen LogP contribution in [0.4, 0.5) is 11.4 Å². The summed E-state index contributed by atoms with van der Waals surface area (Å²) in [6, 6.07) is 13.6. The second kappa shape index (κ2) is 12.5. The molecule has 2 heteroatoms. The molecule has 0 aliphatic carbocycles. The van der Waals surface area contributed by atoms with Gasteiger partial charge >= 0.3 is 0 Å². The van der Waals surface area contributed by atoms with Crippen molar-refractivity contribution in [2.24, 2.45) is 9.98 Å². The molecule has 0 atom stereocenters. The van der Waals surface area contributed by atoms with Gasteiger partial charge in [-0.15, -0.1) is 0 Å². The molecule has 0 unspecified atom stereocenters. The van der Waals surface area contributed by atoms with E-state index in [9.17, 15) is 0 Å². The Bertz CT molecular complexity index is 830. The summed E-state index contributed by atoms with van der Waals surface area (Å²) in [5, 5.41) is 0. The van der Waals surface area contributed by atoms with Crippen molar-refractivity contribution in [3.63, 3.8) is 0 Å². The number of aryl methyl sites for hydroxylation is 4. The minimum Gasteiger partial charge on any atom is -0.252 e. The fourth-order valence-corrected chi connectivity index (χ4v) is 3.70. The summed E-state index contributed by atoms with van der Waals surface area (Å²) in [5.74, 6) is 0. The van der Waals surface area contributed by atoms with Gasteiger partial charge in [-0.2, -0.15) is 0 Å². The lowest BCUT2D eigenvalue weighted by Gasteiger charge is -2.12. The SMILES string of the molecule is CCCCC(=Nc1cc(CC)cc(CC)c1)C(CC)=Nc1cc(CC)cc(CC)c1. The van der Waals surface area contributed by atoms with Crippen molar-refractivity contribution < 1.29 is 0 Å². The van der Waals surface area contributed by atoms with E-state index in [1.165, 1.54) is 22.3 Å². The number of rotatable bonds is 11. The van der Waals surface area contributed by atoms with Gasteiger partial charge in [0.25, 0.3) is 0 Å². The molecule has 0 saturated carbocycles. The maximum atomic E-state index is 5.15. The number of hydrogen-bond acceptors (Lipinski definition) is 2. The van der Waals surface area contributed by atoms with Gasteiger partial charge < -0.3 is 0 Å². The zero-order chi connectivity index (χ0) is 21.9.